The van der Waals surface area contributed by atoms with Gasteiger partial charge in [0.25, 0.3) is 0 Å². The quantitative estimate of drug-likeness (QED) is 0.141. The zero-order chi connectivity index (χ0) is 38.1. The van der Waals surface area contributed by atoms with Crippen LogP contribution in [0.3, 0.4) is 0 Å². The van der Waals surface area contributed by atoms with E-state index in [1.165, 1.54) is 16.5 Å². The van der Waals surface area contributed by atoms with Crippen LogP contribution in [0.1, 0.15) is 50.3 Å². The largest absolute Gasteiger partial charge is 0.497 e. The summed E-state index contributed by atoms with van der Waals surface area (Å²) >= 11 is 0. The lowest BCUT2D eigenvalue weighted by atomic mass is 10.0. The van der Waals surface area contributed by atoms with E-state index in [2.05, 4.69) is 28.6 Å². The summed E-state index contributed by atoms with van der Waals surface area (Å²) in [6.45, 7) is 7.42. The van der Waals surface area contributed by atoms with E-state index in [1.54, 1.807) is 7.11 Å². The van der Waals surface area contributed by atoms with Crippen molar-refractivity contribution in [3.05, 3.63) is 103 Å². The van der Waals surface area contributed by atoms with Gasteiger partial charge in [-0.25, -0.2) is 14.6 Å². The van der Waals surface area contributed by atoms with Crippen LogP contribution in [0.2, 0.25) is 0 Å². The highest BCUT2D eigenvalue weighted by atomic mass is 16.5. The number of nitrogens with one attached hydrogen (secondary N) is 3. The number of pyridine rings is 1. The maximum absolute atomic E-state index is 14.2. The Morgan fingerprint density at radius 2 is 1.80 bits per heavy atom. The van der Waals surface area contributed by atoms with Gasteiger partial charge in [-0.1, -0.05) is 74.5 Å². The normalized spacial score (nSPS) is 23.3. The number of aryl methyl sites for hydroxylation is 1. The summed E-state index contributed by atoms with van der Waals surface area (Å²) in [4.78, 5) is 60.5. The van der Waals surface area contributed by atoms with Gasteiger partial charge >= 0.3 is 12.0 Å². The number of benzene rings is 3. The van der Waals surface area contributed by atoms with E-state index >= 15 is 0 Å². The average molecular weight is 732 g/mol. The number of carbonyl (C=O) groups is 4. The molecule has 0 radical (unpaired) electrons. The van der Waals surface area contributed by atoms with Crippen molar-refractivity contribution in [2.24, 2.45) is 11.8 Å². The molecule has 2 heterocycles. The molecule has 12 nitrogen and oxygen atoms in total. The molecule has 54 heavy (non-hydrogen) atoms. The van der Waals surface area contributed by atoms with Crippen molar-refractivity contribution in [3.8, 4) is 22.8 Å². The third-order valence-corrected chi connectivity index (χ3v) is 10.9. The Labute approximate surface area is 313 Å². The predicted molar refractivity (Wildman–Crippen MR) is 203 cm³/mol. The number of hydrogen-bond donors (Lipinski definition) is 4. The molecule has 280 valence electrons. The molecule has 4 amide bonds. The standard InChI is InChI=1S/C42H45N5O7/c1-5-27-22-42(27,40(50)51)46-38(48)35-20-29(54-36-21-33(26-12-7-6-8-13-26)43-34-19-28(53-4)16-17-31(34)36)23-47(35)41(52)45-37(24(2)3)39(49)44-32-18-15-25-11-9-10-14-30(25)32/h5-14,16-17,19,21,24,27,29,32,35,37H,1,15,18,20,22-23H2,2-4H3,(H,44,49)(H,45,52)(H,46,48)(H,50,51)/t27-,29-,32-,35+,37?,42-/m1/s1. The van der Waals surface area contributed by atoms with Crippen molar-refractivity contribution in [1.29, 1.82) is 0 Å². The molecule has 4 N–H and O–H groups in total. The maximum atomic E-state index is 14.2. The van der Waals surface area contributed by atoms with Gasteiger partial charge in [0.1, 0.15) is 35.2 Å². The summed E-state index contributed by atoms with van der Waals surface area (Å²) in [6.07, 6.45) is 2.73. The van der Waals surface area contributed by atoms with Crippen molar-refractivity contribution >= 4 is 34.7 Å². The van der Waals surface area contributed by atoms with Crippen LogP contribution < -0.4 is 25.4 Å². The molecule has 1 saturated carbocycles. The van der Waals surface area contributed by atoms with E-state index in [1.807, 2.05) is 86.6 Å². The van der Waals surface area contributed by atoms with Crippen LogP contribution in [0.25, 0.3) is 22.2 Å². The molecular weight excluding hydrogens is 686 g/mol. The molecule has 6 atom stereocenters. The van der Waals surface area contributed by atoms with Crippen LogP contribution in [0.4, 0.5) is 4.79 Å². The Balaban J connectivity index is 1.16. The summed E-state index contributed by atoms with van der Waals surface area (Å²) in [5.41, 5.74) is 2.93. The molecule has 3 aliphatic rings. The van der Waals surface area contributed by atoms with E-state index < -0.39 is 47.6 Å². The third-order valence-electron chi connectivity index (χ3n) is 10.9. The van der Waals surface area contributed by atoms with E-state index in [-0.39, 0.29) is 37.3 Å². The summed E-state index contributed by atoms with van der Waals surface area (Å²) in [7, 11) is 1.58. The van der Waals surface area contributed by atoms with Crippen LogP contribution in [-0.4, -0.2) is 76.2 Å². The van der Waals surface area contributed by atoms with Gasteiger partial charge in [0.2, 0.25) is 11.8 Å². The Morgan fingerprint density at radius 3 is 2.50 bits per heavy atom. The molecule has 4 aromatic rings. The Morgan fingerprint density at radius 1 is 1.04 bits per heavy atom. The molecule has 12 heteroatoms. The van der Waals surface area contributed by atoms with Crippen molar-refractivity contribution < 1.29 is 33.8 Å². The number of ether oxygens (including phenoxy) is 2. The number of aromatic nitrogens is 1. The number of carboxylic acid groups (broad SMARTS) is 1. The first kappa shape index (κ1) is 36.4. The number of methoxy groups -OCH3 is 1. The van der Waals surface area contributed by atoms with Gasteiger partial charge in [-0.05, 0) is 48.4 Å². The molecule has 1 aromatic heterocycles. The van der Waals surface area contributed by atoms with E-state index in [9.17, 15) is 24.3 Å². The number of carboxylic acids is 1. The molecule has 1 saturated heterocycles. The molecule has 0 bridgehead atoms. The monoisotopic (exact) mass is 731 g/mol. The lowest BCUT2D eigenvalue weighted by molar-refractivity contribution is -0.144. The zero-order valence-electron chi connectivity index (χ0n) is 30.6. The number of carbonyl (C=O) groups excluding carboxylic acids is 3. The highest BCUT2D eigenvalue weighted by Gasteiger charge is 2.61. The second-order valence-corrected chi connectivity index (χ2v) is 14.7. The SMILES string of the molecule is C=C[C@@H]1C[C@]1(NC(=O)[C@@H]1C[C@@H](Oc2cc(-c3ccccc3)nc3cc(OC)ccc23)CN1C(=O)NC(C(=O)N[C@@H]1CCc2ccccc21)C(C)C)C(=O)O. The first-order valence-corrected chi connectivity index (χ1v) is 18.4. The van der Waals surface area contributed by atoms with Gasteiger partial charge in [-0.2, -0.15) is 0 Å². The number of amides is 4. The number of urea groups is 1. The summed E-state index contributed by atoms with van der Waals surface area (Å²) in [6, 6.07) is 22.2. The Bertz CT molecular complexity index is 2110. The molecule has 3 aromatic carbocycles. The van der Waals surface area contributed by atoms with Gasteiger partial charge in [0, 0.05) is 35.4 Å². The van der Waals surface area contributed by atoms with E-state index in [0.29, 0.717) is 28.1 Å². The fraction of sp³-hybridized carbons (Fsp3) is 0.357. The van der Waals surface area contributed by atoms with Gasteiger partial charge in [0.15, 0.2) is 0 Å². The number of likely N-dealkylation sites (tertiary alicyclic amines) is 1. The Hall–Kier alpha value is -5.91. The van der Waals surface area contributed by atoms with Gasteiger partial charge in [0.05, 0.1) is 30.9 Å². The lowest BCUT2D eigenvalue weighted by Gasteiger charge is -2.29. The van der Waals surface area contributed by atoms with Crippen LogP contribution in [0, 0.1) is 11.8 Å². The van der Waals surface area contributed by atoms with E-state index in [4.69, 9.17) is 14.5 Å². The molecule has 2 fully saturated rings. The van der Waals surface area contributed by atoms with Crippen molar-refractivity contribution in [3.63, 3.8) is 0 Å². The Kier molecular flexibility index (Phi) is 10.0. The number of aliphatic carboxylic acids is 1. The lowest BCUT2D eigenvalue weighted by Crippen LogP contribution is -2.58. The predicted octanol–water partition coefficient (Wildman–Crippen LogP) is 5.42. The summed E-state index contributed by atoms with van der Waals surface area (Å²) in [5.74, 6) is -1.71. The van der Waals surface area contributed by atoms with Crippen LogP contribution in [0.15, 0.2) is 91.5 Å². The highest BCUT2D eigenvalue weighted by molar-refractivity contribution is 5.95. The van der Waals surface area contributed by atoms with Crippen LogP contribution >= 0.6 is 0 Å². The fourth-order valence-electron chi connectivity index (χ4n) is 7.73. The fourth-order valence-corrected chi connectivity index (χ4v) is 7.73. The van der Waals surface area contributed by atoms with Crippen molar-refractivity contribution in [1.82, 2.24) is 25.8 Å². The molecule has 1 unspecified atom stereocenters. The summed E-state index contributed by atoms with van der Waals surface area (Å²) in [5, 5.41) is 19.5. The van der Waals surface area contributed by atoms with Crippen molar-refractivity contribution in [2.75, 3.05) is 13.7 Å². The first-order chi connectivity index (χ1) is 26.0. The van der Waals surface area contributed by atoms with Gasteiger partial charge < -0.3 is 35.4 Å². The van der Waals surface area contributed by atoms with Crippen LogP contribution in [-0.2, 0) is 20.8 Å². The second kappa shape index (κ2) is 14.8. The minimum atomic E-state index is -1.50. The van der Waals surface area contributed by atoms with Gasteiger partial charge in [-0.3, -0.25) is 9.59 Å². The smallest absolute Gasteiger partial charge is 0.330 e. The average Bonchev–Trinajstić information content (AvgIpc) is 3.50. The summed E-state index contributed by atoms with van der Waals surface area (Å²) < 4.78 is 12.1. The second-order valence-electron chi connectivity index (χ2n) is 14.7. The number of fused-ring (bicyclic) bond motifs is 2. The van der Waals surface area contributed by atoms with E-state index in [0.717, 1.165) is 24.0 Å². The minimum absolute atomic E-state index is 0.00203. The third kappa shape index (κ3) is 7.07. The maximum Gasteiger partial charge on any atom is 0.330 e. The topological polar surface area (TPSA) is 159 Å². The molecule has 7 rings (SSSR count). The first-order valence-electron chi connectivity index (χ1n) is 18.4. The minimum Gasteiger partial charge on any atom is -0.497 e. The number of nitrogens with zero attached hydrogens (tertiary/aromatic N) is 2. The number of hydrogen-bond acceptors (Lipinski definition) is 7. The number of rotatable bonds is 12. The molecular formula is C42H45N5O7. The molecule has 2 aliphatic carbocycles. The van der Waals surface area contributed by atoms with Crippen LogP contribution in [0.5, 0.6) is 11.5 Å². The molecule has 0 spiro atoms. The van der Waals surface area contributed by atoms with Gasteiger partial charge in [-0.15, -0.1) is 6.58 Å². The van der Waals surface area contributed by atoms with Crippen molar-refractivity contribution in [2.45, 2.75) is 69.3 Å². The zero-order valence-corrected chi connectivity index (χ0v) is 30.6. The molecule has 1 aliphatic heterocycles. The highest BCUT2D eigenvalue weighted by Crippen LogP contribution is 2.45.